The first-order chi connectivity index (χ1) is 11.4. The van der Waals surface area contributed by atoms with Gasteiger partial charge in [-0.1, -0.05) is 67.3 Å². The minimum atomic E-state index is -0.524. The summed E-state index contributed by atoms with van der Waals surface area (Å²) < 4.78 is 5.58. The van der Waals surface area contributed by atoms with Crippen LogP contribution in [0.4, 0.5) is 4.79 Å². The van der Waals surface area contributed by atoms with Gasteiger partial charge in [-0.2, -0.15) is 0 Å². The Bertz CT molecular complexity index is 686. The monoisotopic (exact) mass is 323 g/mol. The second-order valence-electron chi connectivity index (χ2n) is 6.72. The summed E-state index contributed by atoms with van der Waals surface area (Å²) in [5.41, 5.74) is 2.62. The van der Waals surface area contributed by atoms with E-state index in [4.69, 9.17) is 4.74 Å². The van der Waals surface area contributed by atoms with Gasteiger partial charge in [-0.3, -0.25) is 4.90 Å². The third-order valence-corrected chi connectivity index (χ3v) is 3.50. The fourth-order valence-electron chi connectivity index (χ4n) is 2.40. The summed E-state index contributed by atoms with van der Waals surface area (Å²) in [5.74, 6) is 0. The SMILES string of the molecule is C=Cc1ccccc1CN(Cc1ccccc1)C(=O)OC(C)(C)C. The minimum Gasteiger partial charge on any atom is -0.444 e. The van der Waals surface area contributed by atoms with Crippen molar-refractivity contribution in [1.82, 2.24) is 4.90 Å². The van der Waals surface area contributed by atoms with Gasteiger partial charge in [0.15, 0.2) is 0 Å². The number of ether oxygens (including phenoxy) is 1. The van der Waals surface area contributed by atoms with Crippen molar-refractivity contribution in [2.45, 2.75) is 39.5 Å². The van der Waals surface area contributed by atoms with Crippen LogP contribution in [0.1, 0.15) is 37.5 Å². The lowest BCUT2D eigenvalue weighted by Crippen LogP contribution is -2.36. The molecule has 0 saturated carbocycles. The van der Waals surface area contributed by atoms with Crippen molar-refractivity contribution in [2.75, 3.05) is 0 Å². The van der Waals surface area contributed by atoms with Crippen molar-refractivity contribution >= 4 is 12.2 Å². The van der Waals surface area contributed by atoms with Crippen LogP contribution in [0, 0.1) is 0 Å². The van der Waals surface area contributed by atoms with Crippen molar-refractivity contribution in [3.05, 3.63) is 77.9 Å². The highest BCUT2D eigenvalue weighted by atomic mass is 16.6. The fraction of sp³-hybridized carbons (Fsp3) is 0.286. The van der Waals surface area contributed by atoms with Crippen LogP contribution in [0.2, 0.25) is 0 Å². The lowest BCUT2D eigenvalue weighted by molar-refractivity contribution is 0.0216. The Morgan fingerprint density at radius 1 is 1.04 bits per heavy atom. The first-order valence-electron chi connectivity index (χ1n) is 8.11. The molecule has 0 radical (unpaired) electrons. The van der Waals surface area contributed by atoms with E-state index >= 15 is 0 Å². The average Bonchev–Trinajstić information content (AvgIpc) is 2.54. The summed E-state index contributed by atoms with van der Waals surface area (Å²) in [4.78, 5) is 14.4. The summed E-state index contributed by atoms with van der Waals surface area (Å²) in [7, 11) is 0. The topological polar surface area (TPSA) is 29.5 Å². The van der Waals surface area contributed by atoms with E-state index in [0.29, 0.717) is 13.1 Å². The largest absolute Gasteiger partial charge is 0.444 e. The number of nitrogens with zero attached hydrogens (tertiary/aromatic N) is 1. The van der Waals surface area contributed by atoms with Crippen LogP contribution >= 0.6 is 0 Å². The van der Waals surface area contributed by atoms with Gasteiger partial charge in [-0.25, -0.2) is 4.79 Å². The molecule has 0 aliphatic carbocycles. The molecule has 3 nitrogen and oxygen atoms in total. The van der Waals surface area contributed by atoms with E-state index in [1.165, 1.54) is 0 Å². The summed E-state index contributed by atoms with van der Waals surface area (Å²) >= 11 is 0. The number of rotatable bonds is 5. The summed E-state index contributed by atoms with van der Waals surface area (Å²) in [5, 5.41) is 0. The Hall–Kier alpha value is -2.55. The number of benzene rings is 2. The van der Waals surface area contributed by atoms with Gasteiger partial charge in [-0.05, 0) is 37.5 Å². The lowest BCUT2D eigenvalue weighted by atomic mass is 10.1. The highest BCUT2D eigenvalue weighted by Gasteiger charge is 2.23. The van der Waals surface area contributed by atoms with Crippen LogP contribution < -0.4 is 0 Å². The van der Waals surface area contributed by atoms with Crippen LogP contribution in [-0.2, 0) is 17.8 Å². The number of carbonyl (C=O) groups excluding carboxylic acids is 1. The molecule has 2 rings (SSSR count). The Morgan fingerprint density at radius 3 is 2.29 bits per heavy atom. The first kappa shape index (κ1) is 17.8. The van der Waals surface area contributed by atoms with Gasteiger partial charge < -0.3 is 4.74 Å². The number of hydrogen-bond acceptors (Lipinski definition) is 2. The van der Waals surface area contributed by atoms with Gasteiger partial charge in [0.1, 0.15) is 5.60 Å². The zero-order valence-electron chi connectivity index (χ0n) is 14.7. The van der Waals surface area contributed by atoms with Crippen molar-refractivity contribution in [1.29, 1.82) is 0 Å². The molecule has 126 valence electrons. The zero-order chi connectivity index (χ0) is 17.6. The van der Waals surface area contributed by atoms with Crippen LogP contribution in [0.5, 0.6) is 0 Å². The quantitative estimate of drug-likeness (QED) is 0.750. The predicted molar refractivity (Wildman–Crippen MR) is 98.5 cm³/mol. The molecule has 0 N–H and O–H groups in total. The van der Waals surface area contributed by atoms with Crippen LogP contribution in [0.25, 0.3) is 6.08 Å². The molecule has 0 saturated heterocycles. The molecule has 1 amide bonds. The number of amides is 1. The average molecular weight is 323 g/mol. The fourth-order valence-corrected chi connectivity index (χ4v) is 2.40. The van der Waals surface area contributed by atoms with Gasteiger partial charge in [-0.15, -0.1) is 0 Å². The van der Waals surface area contributed by atoms with Gasteiger partial charge in [0.2, 0.25) is 0 Å². The Kier molecular flexibility index (Phi) is 5.80. The maximum Gasteiger partial charge on any atom is 0.410 e. The molecule has 0 atom stereocenters. The molecule has 24 heavy (non-hydrogen) atoms. The predicted octanol–water partition coefficient (Wildman–Crippen LogP) is 5.27. The highest BCUT2D eigenvalue weighted by molar-refractivity contribution is 5.68. The maximum atomic E-state index is 12.6. The van der Waals surface area contributed by atoms with Crippen LogP contribution in [-0.4, -0.2) is 16.6 Å². The summed E-state index contributed by atoms with van der Waals surface area (Å²) in [6, 6.07) is 17.9. The van der Waals surface area contributed by atoms with Crippen molar-refractivity contribution in [3.63, 3.8) is 0 Å². The molecule has 2 aromatic carbocycles. The maximum absolute atomic E-state index is 12.6. The van der Waals surface area contributed by atoms with Crippen molar-refractivity contribution in [3.8, 4) is 0 Å². The van der Waals surface area contributed by atoms with E-state index in [9.17, 15) is 4.79 Å². The Labute approximate surface area is 144 Å². The lowest BCUT2D eigenvalue weighted by Gasteiger charge is -2.28. The standard InChI is InChI=1S/C21H25NO2/c1-5-18-13-9-10-14-19(18)16-22(20(23)24-21(2,3)4)15-17-11-7-6-8-12-17/h5-14H,1,15-16H2,2-4H3. The second kappa shape index (κ2) is 7.82. The zero-order valence-corrected chi connectivity index (χ0v) is 14.7. The first-order valence-corrected chi connectivity index (χ1v) is 8.11. The minimum absolute atomic E-state index is 0.315. The van der Waals surface area contributed by atoms with Crippen molar-refractivity contribution < 1.29 is 9.53 Å². The molecule has 0 fully saturated rings. The third-order valence-electron chi connectivity index (χ3n) is 3.50. The number of hydrogen-bond donors (Lipinski definition) is 0. The molecule has 2 aromatic rings. The van der Waals surface area contributed by atoms with Crippen molar-refractivity contribution in [2.24, 2.45) is 0 Å². The molecule has 0 spiro atoms. The summed E-state index contributed by atoms with van der Waals surface area (Å²) in [6.45, 7) is 10.5. The Balaban J connectivity index is 2.24. The molecule has 0 aliphatic rings. The van der Waals surface area contributed by atoms with E-state index in [2.05, 4.69) is 6.58 Å². The van der Waals surface area contributed by atoms with Crippen LogP contribution in [0.15, 0.2) is 61.2 Å². The molecule has 0 aliphatic heterocycles. The van der Waals surface area contributed by atoms with E-state index in [-0.39, 0.29) is 6.09 Å². The van der Waals surface area contributed by atoms with E-state index in [0.717, 1.165) is 16.7 Å². The molecule has 0 heterocycles. The van der Waals surface area contributed by atoms with Gasteiger partial charge in [0.05, 0.1) is 0 Å². The second-order valence-corrected chi connectivity index (χ2v) is 6.72. The van der Waals surface area contributed by atoms with Gasteiger partial charge >= 0.3 is 6.09 Å². The highest BCUT2D eigenvalue weighted by Crippen LogP contribution is 2.18. The molecule has 0 aromatic heterocycles. The van der Waals surface area contributed by atoms with E-state index in [1.54, 1.807) is 4.90 Å². The Morgan fingerprint density at radius 2 is 1.67 bits per heavy atom. The molecule has 0 unspecified atom stereocenters. The van der Waals surface area contributed by atoms with Gasteiger partial charge in [0, 0.05) is 13.1 Å². The summed E-state index contributed by atoms with van der Waals surface area (Å²) in [6.07, 6.45) is 1.50. The number of carbonyl (C=O) groups is 1. The van der Waals surface area contributed by atoms with Gasteiger partial charge in [0.25, 0.3) is 0 Å². The third kappa shape index (κ3) is 5.27. The molecular weight excluding hydrogens is 298 g/mol. The van der Waals surface area contributed by atoms with Crippen LogP contribution in [0.3, 0.4) is 0 Å². The van der Waals surface area contributed by atoms with E-state index in [1.807, 2.05) is 81.4 Å². The molecular formula is C21H25NO2. The normalized spacial score (nSPS) is 11.0. The van der Waals surface area contributed by atoms with E-state index < -0.39 is 5.60 Å². The molecule has 3 heteroatoms. The molecule has 0 bridgehead atoms. The smallest absolute Gasteiger partial charge is 0.410 e.